The molecule has 5 heteroatoms. The van der Waals surface area contributed by atoms with Crippen molar-refractivity contribution in [1.82, 2.24) is 4.98 Å². The summed E-state index contributed by atoms with van der Waals surface area (Å²) in [5, 5.41) is 4.84. The second-order valence-electron chi connectivity index (χ2n) is 3.94. The lowest BCUT2D eigenvalue weighted by molar-refractivity contribution is -0.116. The fraction of sp³-hybridized carbons (Fsp3) is 0.231. The van der Waals surface area contributed by atoms with Crippen molar-refractivity contribution in [3.63, 3.8) is 0 Å². The van der Waals surface area contributed by atoms with Gasteiger partial charge in [0.05, 0.1) is 0 Å². The minimum atomic E-state index is -0.00220. The summed E-state index contributed by atoms with van der Waals surface area (Å²) in [6, 6.07) is 5.71. The highest BCUT2D eigenvalue weighted by atomic mass is 79.9. The van der Waals surface area contributed by atoms with Gasteiger partial charge in [0.2, 0.25) is 5.91 Å². The van der Waals surface area contributed by atoms with Crippen molar-refractivity contribution in [2.24, 2.45) is 0 Å². The molecule has 2 heterocycles. The van der Waals surface area contributed by atoms with E-state index in [1.807, 2.05) is 6.07 Å². The van der Waals surface area contributed by atoms with E-state index in [-0.39, 0.29) is 5.91 Å². The van der Waals surface area contributed by atoms with Crippen LogP contribution in [0, 0.1) is 6.92 Å². The molecule has 3 nitrogen and oxygen atoms in total. The number of anilines is 1. The lowest BCUT2D eigenvalue weighted by Gasteiger charge is -2.04. The minimum Gasteiger partial charge on any atom is -0.311 e. The van der Waals surface area contributed by atoms with Gasteiger partial charge in [-0.25, -0.2) is 4.98 Å². The van der Waals surface area contributed by atoms with Gasteiger partial charge in [-0.3, -0.25) is 4.79 Å². The van der Waals surface area contributed by atoms with Gasteiger partial charge >= 0.3 is 0 Å². The van der Waals surface area contributed by atoms with Gasteiger partial charge in [0.1, 0.15) is 5.82 Å². The average Bonchev–Trinajstić information content (AvgIpc) is 2.75. The first-order valence-corrected chi connectivity index (χ1v) is 7.27. The first-order valence-electron chi connectivity index (χ1n) is 5.59. The molecule has 2 aromatic heterocycles. The second kappa shape index (κ2) is 6.11. The van der Waals surface area contributed by atoms with Crippen LogP contribution < -0.4 is 5.32 Å². The molecule has 0 aliphatic rings. The van der Waals surface area contributed by atoms with Gasteiger partial charge < -0.3 is 5.32 Å². The van der Waals surface area contributed by atoms with Crippen LogP contribution in [0.5, 0.6) is 0 Å². The van der Waals surface area contributed by atoms with Crippen LogP contribution in [0.4, 0.5) is 5.82 Å². The lowest BCUT2D eigenvalue weighted by Crippen LogP contribution is -2.13. The van der Waals surface area contributed by atoms with Crippen LogP contribution in [-0.4, -0.2) is 10.9 Å². The van der Waals surface area contributed by atoms with Gasteiger partial charge in [0.15, 0.2) is 0 Å². The standard InChI is InChI=1S/C13H13BrN2OS/c1-9-6-7-18-11(9)3-5-13(17)16-12-4-2-10(14)8-15-12/h2,4,6-8H,3,5H2,1H3,(H,15,16,17). The third kappa shape index (κ3) is 3.65. The Hall–Kier alpha value is -1.20. The number of carbonyl (C=O) groups excluding carboxylic acids is 1. The summed E-state index contributed by atoms with van der Waals surface area (Å²) in [6.45, 7) is 2.07. The molecule has 0 spiro atoms. The molecule has 0 bridgehead atoms. The summed E-state index contributed by atoms with van der Waals surface area (Å²) in [7, 11) is 0. The number of carbonyl (C=O) groups is 1. The number of hydrogen-bond donors (Lipinski definition) is 1. The van der Waals surface area contributed by atoms with E-state index in [9.17, 15) is 4.79 Å². The predicted octanol–water partition coefficient (Wildman–Crippen LogP) is 3.79. The Morgan fingerprint density at radius 1 is 1.44 bits per heavy atom. The quantitative estimate of drug-likeness (QED) is 0.929. The first-order chi connectivity index (χ1) is 8.65. The Bertz CT molecular complexity index is 536. The molecule has 0 radical (unpaired) electrons. The summed E-state index contributed by atoms with van der Waals surface area (Å²) in [6.07, 6.45) is 2.93. The summed E-state index contributed by atoms with van der Waals surface area (Å²) >= 11 is 5.00. The maximum atomic E-state index is 11.7. The zero-order valence-corrected chi connectivity index (χ0v) is 12.3. The molecule has 18 heavy (non-hydrogen) atoms. The molecule has 0 saturated heterocycles. The number of amides is 1. The summed E-state index contributed by atoms with van der Waals surface area (Å²) in [5.41, 5.74) is 1.26. The molecule has 94 valence electrons. The molecule has 0 fully saturated rings. The molecule has 0 aliphatic heterocycles. The monoisotopic (exact) mass is 324 g/mol. The molecular formula is C13H13BrN2OS. The van der Waals surface area contributed by atoms with Crippen LogP contribution in [0.3, 0.4) is 0 Å². The third-order valence-corrected chi connectivity index (χ3v) is 4.09. The highest BCUT2D eigenvalue weighted by molar-refractivity contribution is 9.10. The number of aryl methyl sites for hydroxylation is 2. The van der Waals surface area contributed by atoms with E-state index >= 15 is 0 Å². The van der Waals surface area contributed by atoms with Gasteiger partial charge in [0.25, 0.3) is 0 Å². The van der Waals surface area contributed by atoms with Crippen molar-refractivity contribution in [3.8, 4) is 0 Å². The molecule has 0 aromatic carbocycles. The smallest absolute Gasteiger partial charge is 0.225 e. The molecule has 0 saturated carbocycles. The van der Waals surface area contributed by atoms with Crippen LogP contribution >= 0.6 is 27.3 Å². The second-order valence-corrected chi connectivity index (χ2v) is 5.85. The van der Waals surface area contributed by atoms with E-state index in [1.54, 1.807) is 23.6 Å². The van der Waals surface area contributed by atoms with Crippen molar-refractivity contribution in [3.05, 3.63) is 44.7 Å². The van der Waals surface area contributed by atoms with Crippen molar-refractivity contribution in [1.29, 1.82) is 0 Å². The van der Waals surface area contributed by atoms with E-state index < -0.39 is 0 Å². The van der Waals surface area contributed by atoms with Crippen molar-refractivity contribution < 1.29 is 4.79 Å². The van der Waals surface area contributed by atoms with Gasteiger partial charge in [-0.05, 0) is 58.4 Å². The van der Waals surface area contributed by atoms with Gasteiger partial charge in [-0.15, -0.1) is 11.3 Å². The number of halogens is 1. The largest absolute Gasteiger partial charge is 0.311 e. The Kier molecular flexibility index (Phi) is 4.49. The Morgan fingerprint density at radius 2 is 2.28 bits per heavy atom. The average molecular weight is 325 g/mol. The fourth-order valence-corrected chi connectivity index (χ4v) is 2.69. The molecule has 1 amide bonds. The third-order valence-electron chi connectivity index (χ3n) is 2.54. The molecule has 1 N–H and O–H groups in total. The zero-order chi connectivity index (χ0) is 13.0. The Morgan fingerprint density at radius 3 is 2.89 bits per heavy atom. The topological polar surface area (TPSA) is 42.0 Å². The molecule has 0 aliphatic carbocycles. The number of aromatic nitrogens is 1. The van der Waals surface area contributed by atoms with Gasteiger partial charge in [-0.2, -0.15) is 0 Å². The van der Waals surface area contributed by atoms with E-state index in [4.69, 9.17) is 0 Å². The molecule has 0 unspecified atom stereocenters. The van der Waals surface area contributed by atoms with Crippen LogP contribution in [0.25, 0.3) is 0 Å². The van der Waals surface area contributed by atoms with Crippen LogP contribution in [0.1, 0.15) is 16.9 Å². The number of nitrogens with one attached hydrogen (secondary N) is 1. The highest BCUT2D eigenvalue weighted by Crippen LogP contribution is 2.17. The normalized spacial score (nSPS) is 10.3. The maximum absolute atomic E-state index is 11.7. The van der Waals surface area contributed by atoms with E-state index in [0.717, 1.165) is 10.9 Å². The van der Waals surface area contributed by atoms with E-state index in [2.05, 4.69) is 44.6 Å². The molecule has 2 aromatic rings. The number of thiophene rings is 1. The fourth-order valence-electron chi connectivity index (χ4n) is 1.54. The van der Waals surface area contributed by atoms with E-state index in [1.165, 1.54) is 10.4 Å². The SMILES string of the molecule is Cc1ccsc1CCC(=O)Nc1ccc(Br)cn1. The molecule has 0 atom stereocenters. The zero-order valence-electron chi connectivity index (χ0n) is 9.94. The highest BCUT2D eigenvalue weighted by Gasteiger charge is 2.06. The minimum absolute atomic E-state index is 0.00220. The number of pyridine rings is 1. The first kappa shape index (κ1) is 13.2. The van der Waals surface area contributed by atoms with Crippen LogP contribution in [-0.2, 0) is 11.2 Å². The van der Waals surface area contributed by atoms with Crippen molar-refractivity contribution in [2.75, 3.05) is 5.32 Å². The van der Waals surface area contributed by atoms with Crippen LogP contribution in [0.2, 0.25) is 0 Å². The Balaban J connectivity index is 1.86. The number of nitrogens with zero attached hydrogens (tertiary/aromatic N) is 1. The molecular weight excluding hydrogens is 312 g/mol. The molecule has 2 rings (SSSR count). The van der Waals surface area contributed by atoms with Crippen molar-refractivity contribution >= 4 is 39.0 Å². The van der Waals surface area contributed by atoms with Gasteiger partial charge in [-0.1, -0.05) is 0 Å². The van der Waals surface area contributed by atoms with Gasteiger partial charge in [0, 0.05) is 22.0 Å². The number of hydrogen-bond acceptors (Lipinski definition) is 3. The number of rotatable bonds is 4. The maximum Gasteiger partial charge on any atom is 0.225 e. The van der Waals surface area contributed by atoms with Crippen molar-refractivity contribution in [2.45, 2.75) is 19.8 Å². The Labute approximate surface area is 118 Å². The van der Waals surface area contributed by atoms with Crippen LogP contribution in [0.15, 0.2) is 34.2 Å². The lowest BCUT2D eigenvalue weighted by atomic mass is 10.2. The van der Waals surface area contributed by atoms with E-state index in [0.29, 0.717) is 12.2 Å². The summed E-state index contributed by atoms with van der Waals surface area (Å²) in [5.74, 6) is 0.587. The predicted molar refractivity (Wildman–Crippen MR) is 77.9 cm³/mol. The summed E-state index contributed by atoms with van der Waals surface area (Å²) in [4.78, 5) is 17.1. The summed E-state index contributed by atoms with van der Waals surface area (Å²) < 4.78 is 0.898.